The minimum Gasteiger partial charge on any atom is -0.353 e. The van der Waals surface area contributed by atoms with Gasteiger partial charge in [-0.2, -0.15) is 0 Å². The van der Waals surface area contributed by atoms with E-state index < -0.39 is 15.8 Å². The number of benzene rings is 1. The Morgan fingerprint density at radius 2 is 1.85 bits per heavy atom. The molecule has 1 aliphatic rings. The summed E-state index contributed by atoms with van der Waals surface area (Å²) in [4.78, 5) is 2.51. The van der Waals surface area contributed by atoms with E-state index in [1.54, 1.807) is 6.92 Å². The molecule has 1 fully saturated rings. The quantitative estimate of drug-likeness (QED) is 0.819. The van der Waals surface area contributed by atoms with Crippen molar-refractivity contribution in [3.05, 3.63) is 53.6 Å². The lowest BCUT2D eigenvalue weighted by Gasteiger charge is -2.31. The van der Waals surface area contributed by atoms with E-state index in [1.165, 1.54) is 31.0 Å². The van der Waals surface area contributed by atoms with Crippen LogP contribution in [0.4, 0.5) is 4.39 Å². The van der Waals surface area contributed by atoms with Gasteiger partial charge in [-0.15, -0.1) is 0 Å². The number of rotatable bonds is 6. The highest BCUT2D eigenvalue weighted by atomic mass is 32.2. The molecule has 7 heteroatoms. The van der Waals surface area contributed by atoms with E-state index in [-0.39, 0.29) is 17.5 Å². The van der Waals surface area contributed by atoms with Gasteiger partial charge in [0.2, 0.25) is 10.0 Å². The van der Waals surface area contributed by atoms with Gasteiger partial charge in [-0.3, -0.25) is 4.90 Å². The molecule has 1 N–H and O–H groups in total. The molecule has 0 amide bonds. The number of likely N-dealkylation sites (tertiary alicyclic amines) is 1. The molecule has 1 saturated heterocycles. The Labute approximate surface area is 161 Å². The lowest BCUT2D eigenvalue weighted by molar-refractivity contribution is 0.199. The van der Waals surface area contributed by atoms with Gasteiger partial charge < -0.3 is 4.57 Å². The second kappa shape index (κ2) is 8.54. The van der Waals surface area contributed by atoms with E-state index >= 15 is 0 Å². The number of nitrogens with one attached hydrogen (secondary N) is 1. The van der Waals surface area contributed by atoms with Crippen molar-refractivity contribution in [1.29, 1.82) is 0 Å². The first-order valence-electron chi connectivity index (χ1n) is 9.49. The highest BCUT2D eigenvalue weighted by molar-refractivity contribution is 7.89. The first-order valence-corrected chi connectivity index (χ1v) is 11.0. The van der Waals surface area contributed by atoms with Gasteiger partial charge in [-0.05, 0) is 68.8 Å². The summed E-state index contributed by atoms with van der Waals surface area (Å²) in [5.41, 5.74) is 1.50. The predicted molar refractivity (Wildman–Crippen MR) is 105 cm³/mol. The molecule has 0 aliphatic carbocycles. The molecule has 1 aliphatic heterocycles. The maximum absolute atomic E-state index is 13.3. The average molecular weight is 394 g/mol. The zero-order chi connectivity index (χ0) is 19.4. The van der Waals surface area contributed by atoms with Crippen LogP contribution in [0, 0.1) is 12.7 Å². The van der Waals surface area contributed by atoms with Crippen LogP contribution in [0.1, 0.15) is 43.0 Å². The molecular weight excluding hydrogens is 365 g/mol. The fraction of sp³-hybridized carbons (Fsp3) is 0.500. The molecule has 1 atom stereocenters. The van der Waals surface area contributed by atoms with Crippen molar-refractivity contribution in [2.45, 2.75) is 43.5 Å². The van der Waals surface area contributed by atoms with Crippen LogP contribution in [0.2, 0.25) is 0 Å². The number of sulfonamides is 1. The maximum Gasteiger partial charge on any atom is 0.240 e. The van der Waals surface area contributed by atoms with Crippen molar-refractivity contribution in [1.82, 2.24) is 14.2 Å². The van der Waals surface area contributed by atoms with Crippen LogP contribution in [0.25, 0.3) is 0 Å². The number of hydrogen-bond donors (Lipinski definition) is 1. The van der Waals surface area contributed by atoms with Crippen molar-refractivity contribution in [2.75, 3.05) is 19.6 Å². The van der Waals surface area contributed by atoms with E-state index in [4.69, 9.17) is 0 Å². The van der Waals surface area contributed by atoms with E-state index in [9.17, 15) is 12.8 Å². The van der Waals surface area contributed by atoms with Gasteiger partial charge in [0.1, 0.15) is 5.82 Å². The summed E-state index contributed by atoms with van der Waals surface area (Å²) in [7, 11) is -1.72. The third-order valence-electron chi connectivity index (χ3n) is 5.30. The van der Waals surface area contributed by atoms with Crippen LogP contribution in [0.3, 0.4) is 0 Å². The molecule has 148 valence electrons. The Morgan fingerprint density at radius 3 is 2.44 bits per heavy atom. The molecule has 2 heterocycles. The maximum atomic E-state index is 13.3. The molecule has 0 radical (unpaired) electrons. The van der Waals surface area contributed by atoms with Gasteiger partial charge in [0, 0.05) is 25.5 Å². The molecule has 2 aromatic rings. The third kappa shape index (κ3) is 4.78. The summed E-state index contributed by atoms with van der Waals surface area (Å²) >= 11 is 0. The Kier molecular flexibility index (Phi) is 6.34. The normalized spacial score (nSPS) is 17.6. The third-order valence-corrected chi connectivity index (χ3v) is 6.88. The van der Waals surface area contributed by atoms with Gasteiger partial charge >= 0.3 is 0 Å². The van der Waals surface area contributed by atoms with Crippen molar-refractivity contribution in [2.24, 2.45) is 7.05 Å². The fourth-order valence-electron chi connectivity index (χ4n) is 3.83. The number of aryl methyl sites for hydroxylation is 2. The zero-order valence-corrected chi connectivity index (χ0v) is 16.8. The molecule has 1 aromatic heterocycles. The minimum atomic E-state index is -3.71. The van der Waals surface area contributed by atoms with Crippen molar-refractivity contribution >= 4 is 10.0 Å². The van der Waals surface area contributed by atoms with Crippen molar-refractivity contribution in [3.8, 4) is 0 Å². The average Bonchev–Trinajstić information content (AvgIpc) is 2.86. The van der Waals surface area contributed by atoms with Crippen molar-refractivity contribution < 1.29 is 12.8 Å². The summed E-state index contributed by atoms with van der Waals surface area (Å²) in [6.07, 6.45) is 6.68. The standard InChI is InChI=1S/C20H28FN3O2S/c1-16-14-17(21)9-10-20(16)27(25,26)22-15-19(18-8-7-11-23(18)2)24-12-5-3-4-6-13-24/h7-11,14,19,22H,3-6,12-13,15H2,1-2H3. The highest BCUT2D eigenvalue weighted by Gasteiger charge is 2.26. The molecule has 27 heavy (non-hydrogen) atoms. The van der Waals surface area contributed by atoms with Gasteiger partial charge in [0.15, 0.2) is 0 Å². The smallest absolute Gasteiger partial charge is 0.240 e. The molecule has 0 saturated carbocycles. The largest absolute Gasteiger partial charge is 0.353 e. The predicted octanol–water partition coefficient (Wildman–Crippen LogP) is 3.37. The topological polar surface area (TPSA) is 54.3 Å². The summed E-state index contributed by atoms with van der Waals surface area (Å²) < 4.78 is 43.8. The van der Waals surface area contributed by atoms with Gasteiger partial charge in [-0.25, -0.2) is 17.5 Å². The monoisotopic (exact) mass is 393 g/mol. The van der Waals surface area contributed by atoms with Crippen LogP contribution in [0.5, 0.6) is 0 Å². The van der Waals surface area contributed by atoms with E-state index in [0.29, 0.717) is 5.56 Å². The number of hydrogen-bond acceptors (Lipinski definition) is 3. The highest BCUT2D eigenvalue weighted by Crippen LogP contribution is 2.25. The summed E-state index contributed by atoms with van der Waals surface area (Å²) in [6.45, 7) is 3.83. The first kappa shape index (κ1) is 20.0. The molecule has 3 rings (SSSR count). The summed E-state index contributed by atoms with van der Waals surface area (Å²) in [5, 5.41) is 0. The lowest BCUT2D eigenvalue weighted by atomic mass is 10.1. The number of aromatic nitrogens is 1. The Bertz CT molecular complexity index is 871. The van der Waals surface area contributed by atoms with Gasteiger partial charge in [0.25, 0.3) is 0 Å². The molecule has 0 spiro atoms. The lowest BCUT2D eigenvalue weighted by Crippen LogP contribution is -2.39. The molecular formula is C20H28FN3O2S. The fourth-order valence-corrected chi connectivity index (χ4v) is 5.09. The van der Waals surface area contributed by atoms with Crippen LogP contribution >= 0.6 is 0 Å². The van der Waals surface area contributed by atoms with Gasteiger partial charge in [-0.1, -0.05) is 12.8 Å². The zero-order valence-electron chi connectivity index (χ0n) is 16.0. The van der Waals surface area contributed by atoms with Crippen LogP contribution in [-0.2, 0) is 17.1 Å². The van der Waals surface area contributed by atoms with E-state index in [1.807, 2.05) is 29.9 Å². The van der Waals surface area contributed by atoms with Crippen molar-refractivity contribution in [3.63, 3.8) is 0 Å². The van der Waals surface area contributed by atoms with Crippen LogP contribution in [0.15, 0.2) is 41.4 Å². The SMILES string of the molecule is Cc1cc(F)ccc1S(=O)(=O)NCC(c1cccn1C)N1CCCCCC1. The molecule has 1 aromatic carbocycles. The second-order valence-electron chi connectivity index (χ2n) is 7.27. The number of halogens is 1. The second-order valence-corrected chi connectivity index (χ2v) is 9.01. The Hall–Kier alpha value is -1.70. The van der Waals surface area contributed by atoms with E-state index in [2.05, 4.69) is 9.62 Å². The molecule has 5 nitrogen and oxygen atoms in total. The molecule has 0 bridgehead atoms. The van der Waals surface area contributed by atoms with Crippen LogP contribution in [-0.4, -0.2) is 37.5 Å². The van der Waals surface area contributed by atoms with Crippen LogP contribution < -0.4 is 4.72 Å². The Morgan fingerprint density at radius 1 is 1.15 bits per heavy atom. The summed E-state index contributed by atoms with van der Waals surface area (Å²) in [5.74, 6) is -0.433. The van der Waals surface area contributed by atoms with Gasteiger partial charge in [0.05, 0.1) is 10.9 Å². The minimum absolute atomic E-state index is 0.0290. The van der Waals surface area contributed by atoms with E-state index in [0.717, 1.165) is 31.6 Å². The Balaban J connectivity index is 1.82. The molecule has 1 unspecified atom stereocenters. The summed E-state index contributed by atoms with van der Waals surface area (Å²) in [6, 6.07) is 7.77. The number of nitrogens with zero attached hydrogens (tertiary/aromatic N) is 2. The first-order chi connectivity index (χ1) is 12.9.